The van der Waals surface area contributed by atoms with Crippen molar-refractivity contribution in [2.24, 2.45) is 0 Å². The monoisotopic (exact) mass is 335 g/mol. The van der Waals surface area contributed by atoms with Gasteiger partial charge >= 0.3 is 0 Å². The maximum atomic E-state index is 6.40. The van der Waals surface area contributed by atoms with E-state index in [1.54, 1.807) is 0 Å². The Morgan fingerprint density at radius 2 is 1.84 bits per heavy atom. The fraction of sp³-hybridized carbons (Fsp3) is 0.250. The van der Waals surface area contributed by atoms with Crippen molar-refractivity contribution >= 4 is 27.5 Å². The average Bonchev–Trinajstić information content (AvgIpc) is 3.22. The molecule has 3 rings (SSSR count). The smallest absolute Gasteiger partial charge is 0.0487 e. The average molecular weight is 337 g/mol. The summed E-state index contributed by atoms with van der Waals surface area (Å²) < 4.78 is 1.08. The predicted molar refractivity (Wildman–Crippen MR) is 84.4 cm³/mol. The van der Waals surface area contributed by atoms with E-state index < -0.39 is 0 Å². The van der Waals surface area contributed by atoms with Crippen LogP contribution in [0.4, 0.5) is 0 Å². The van der Waals surface area contributed by atoms with Gasteiger partial charge in [-0.2, -0.15) is 0 Å². The van der Waals surface area contributed by atoms with Gasteiger partial charge in [-0.05, 0) is 42.2 Å². The lowest BCUT2D eigenvalue weighted by Gasteiger charge is -2.08. The van der Waals surface area contributed by atoms with Crippen molar-refractivity contribution in [1.82, 2.24) is 5.32 Å². The van der Waals surface area contributed by atoms with Gasteiger partial charge in [0.25, 0.3) is 0 Å². The van der Waals surface area contributed by atoms with E-state index in [0.29, 0.717) is 0 Å². The normalized spacial score (nSPS) is 14.6. The Labute approximate surface area is 127 Å². The van der Waals surface area contributed by atoms with E-state index >= 15 is 0 Å². The molecule has 0 saturated heterocycles. The van der Waals surface area contributed by atoms with Crippen LogP contribution < -0.4 is 5.32 Å². The minimum Gasteiger partial charge on any atom is -0.310 e. The number of rotatable bonds is 4. The molecule has 0 aromatic heterocycles. The topological polar surface area (TPSA) is 12.0 Å². The van der Waals surface area contributed by atoms with Crippen LogP contribution in [-0.2, 0) is 6.54 Å². The molecule has 1 nitrogen and oxygen atoms in total. The molecule has 2 aromatic carbocycles. The van der Waals surface area contributed by atoms with E-state index in [4.69, 9.17) is 11.6 Å². The summed E-state index contributed by atoms with van der Waals surface area (Å²) in [5, 5.41) is 4.32. The van der Waals surface area contributed by atoms with Crippen molar-refractivity contribution in [1.29, 1.82) is 0 Å². The first kappa shape index (κ1) is 13.2. The van der Waals surface area contributed by atoms with Gasteiger partial charge in [-0.25, -0.2) is 0 Å². The number of hydrogen-bond donors (Lipinski definition) is 1. The summed E-state index contributed by atoms with van der Waals surface area (Å²) in [5.41, 5.74) is 3.48. The first-order chi connectivity index (χ1) is 9.22. The third-order valence-electron chi connectivity index (χ3n) is 3.36. The molecule has 0 unspecified atom stereocenters. The highest BCUT2D eigenvalue weighted by Crippen LogP contribution is 2.30. The van der Waals surface area contributed by atoms with Crippen LogP contribution in [-0.4, -0.2) is 6.04 Å². The molecule has 1 aliphatic rings. The zero-order chi connectivity index (χ0) is 13.2. The molecule has 1 fully saturated rings. The quantitative estimate of drug-likeness (QED) is 0.826. The van der Waals surface area contributed by atoms with Crippen LogP contribution in [0.3, 0.4) is 0 Å². The molecule has 0 spiro atoms. The van der Waals surface area contributed by atoms with Gasteiger partial charge in [0, 0.05) is 27.6 Å². The number of nitrogens with one attached hydrogen (secondary N) is 1. The Morgan fingerprint density at radius 1 is 1.11 bits per heavy atom. The molecule has 1 N–H and O–H groups in total. The molecule has 1 aliphatic carbocycles. The Balaban J connectivity index is 1.80. The second-order valence-electron chi connectivity index (χ2n) is 4.98. The maximum absolute atomic E-state index is 6.40. The minimum absolute atomic E-state index is 0.727. The third kappa shape index (κ3) is 3.38. The minimum atomic E-state index is 0.727. The van der Waals surface area contributed by atoms with Crippen molar-refractivity contribution in [2.75, 3.05) is 0 Å². The molecule has 2 aromatic rings. The Bertz CT molecular complexity index is 576. The van der Waals surface area contributed by atoms with Crippen LogP contribution in [0.5, 0.6) is 0 Å². The molecule has 0 aliphatic heterocycles. The summed E-state index contributed by atoms with van der Waals surface area (Å²) in [6.45, 7) is 0.908. The molecule has 1 saturated carbocycles. The van der Waals surface area contributed by atoms with Crippen molar-refractivity contribution in [2.45, 2.75) is 25.4 Å². The number of hydrogen-bond acceptors (Lipinski definition) is 1. The predicted octanol–water partition coefficient (Wildman–Crippen LogP) is 5.02. The highest BCUT2D eigenvalue weighted by Gasteiger charge is 2.20. The van der Waals surface area contributed by atoms with Crippen LogP contribution in [0.25, 0.3) is 11.1 Å². The van der Waals surface area contributed by atoms with Crippen molar-refractivity contribution < 1.29 is 0 Å². The molecule has 19 heavy (non-hydrogen) atoms. The zero-order valence-electron chi connectivity index (χ0n) is 10.5. The summed E-state index contributed by atoms with van der Waals surface area (Å²) in [7, 11) is 0. The second kappa shape index (κ2) is 5.66. The molecule has 0 bridgehead atoms. The van der Waals surface area contributed by atoms with Gasteiger partial charge in [-0.3, -0.25) is 0 Å². The lowest BCUT2D eigenvalue weighted by atomic mass is 10.0. The van der Waals surface area contributed by atoms with Gasteiger partial charge in [0.15, 0.2) is 0 Å². The SMILES string of the molecule is Clc1cc(CNC2CC2)ccc1-c1ccc(Br)cc1. The van der Waals surface area contributed by atoms with Crippen LogP contribution in [0.1, 0.15) is 18.4 Å². The molecule has 98 valence electrons. The molecule has 0 radical (unpaired) electrons. The van der Waals surface area contributed by atoms with Gasteiger partial charge < -0.3 is 5.32 Å². The number of benzene rings is 2. The third-order valence-corrected chi connectivity index (χ3v) is 4.20. The molecule has 3 heteroatoms. The summed E-state index contributed by atoms with van der Waals surface area (Å²) in [5.74, 6) is 0. The first-order valence-corrected chi connectivity index (χ1v) is 7.67. The highest BCUT2D eigenvalue weighted by molar-refractivity contribution is 9.10. The van der Waals surface area contributed by atoms with Crippen molar-refractivity contribution in [3.05, 3.63) is 57.5 Å². The van der Waals surface area contributed by atoms with Crippen molar-refractivity contribution in [3.63, 3.8) is 0 Å². The number of halogens is 2. The van der Waals surface area contributed by atoms with Gasteiger partial charge in [-0.1, -0.05) is 51.8 Å². The summed E-state index contributed by atoms with van der Waals surface area (Å²) in [6.07, 6.45) is 2.62. The molecule has 0 atom stereocenters. The van der Waals surface area contributed by atoms with Crippen LogP contribution in [0.15, 0.2) is 46.9 Å². The van der Waals surface area contributed by atoms with E-state index in [2.05, 4.69) is 51.6 Å². The van der Waals surface area contributed by atoms with Crippen LogP contribution in [0, 0.1) is 0 Å². The lowest BCUT2D eigenvalue weighted by Crippen LogP contribution is -2.15. The second-order valence-corrected chi connectivity index (χ2v) is 6.30. The van der Waals surface area contributed by atoms with Gasteiger partial charge in [0.05, 0.1) is 0 Å². The Hall–Kier alpha value is -0.830. The maximum Gasteiger partial charge on any atom is 0.0487 e. The van der Waals surface area contributed by atoms with E-state index in [0.717, 1.165) is 33.2 Å². The Kier molecular flexibility index (Phi) is 3.92. The highest BCUT2D eigenvalue weighted by atomic mass is 79.9. The molecular formula is C16H15BrClN. The fourth-order valence-corrected chi connectivity index (χ4v) is 2.66. The van der Waals surface area contributed by atoms with Gasteiger partial charge in [0.1, 0.15) is 0 Å². The van der Waals surface area contributed by atoms with Crippen molar-refractivity contribution in [3.8, 4) is 11.1 Å². The zero-order valence-corrected chi connectivity index (χ0v) is 12.8. The molecular weight excluding hydrogens is 322 g/mol. The van der Waals surface area contributed by atoms with E-state index in [1.165, 1.54) is 18.4 Å². The largest absolute Gasteiger partial charge is 0.310 e. The summed E-state index contributed by atoms with van der Waals surface area (Å²) in [6, 6.07) is 15.3. The van der Waals surface area contributed by atoms with E-state index in [-0.39, 0.29) is 0 Å². The lowest BCUT2D eigenvalue weighted by molar-refractivity contribution is 0.688. The summed E-state index contributed by atoms with van der Waals surface area (Å²) in [4.78, 5) is 0. The molecule has 0 amide bonds. The molecule has 0 heterocycles. The first-order valence-electron chi connectivity index (χ1n) is 6.50. The fourth-order valence-electron chi connectivity index (χ4n) is 2.08. The Morgan fingerprint density at radius 3 is 2.47 bits per heavy atom. The summed E-state index contributed by atoms with van der Waals surface area (Å²) >= 11 is 9.84. The van der Waals surface area contributed by atoms with Gasteiger partial charge in [0.2, 0.25) is 0 Å². The van der Waals surface area contributed by atoms with E-state index in [1.807, 2.05) is 12.1 Å². The van der Waals surface area contributed by atoms with Crippen LogP contribution >= 0.6 is 27.5 Å². The standard InChI is InChI=1S/C16H15BrClN/c17-13-4-2-12(3-5-13)15-8-1-11(9-16(15)18)10-19-14-6-7-14/h1-5,8-9,14,19H,6-7,10H2. The van der Waals surface area contributed by atoms with Gasteiger partial charge in [-0.15, -0.1) is 0 Å². The van der Waals surface area contributed by atoms with E-state index in [9.17, 15) is 0 Å². The van der Waals surface area contributed by atoms with Crippen LogP contribution in [0.2, 0.25) is 5.02 Å².